The second-order valence-electron chi connectivity index (χ2n) is 7.88. The number of amides is 1. The standard InChI is InChI=1S/C26H27N5O3/c1-18-15-20(10-11-23(18)34-16-21-7-4-5-12-27-21)30-26-25-22(28-17-29-26)8-6-9-24(25)33-14-13-31(3)19(2)32/h4-12,15,17H,13-14,16H2,1-3H3,(H,28,29,30). The Balaban J connectivity index is 1.51. The SMILES string of the molecule is CC(=O)N(C)CCOc1cccc2ncnc(Nc3ccc(OCc4ccccn4)c(C)c3)c12. The van der Waals surface area contributed by atoms with Gasteiger partial charge in [-0.25, -0.2) is 9.97 Å². The van der Waals surface area contributed by atoms with Crippen molar-refractivity contribution in [2.75, 3.05) is 25.5 Å². The van der Waals surface area contributed by atoms with Gasteiger partial charge >= 0.3 is 0 Å². The molecule has 1 N–H and O–H groups in total. The van der Waals surface area contributed by atoms with Crippen molar-refractivity contribution in [2.24, 2.45) is 0 Å². The predicted molar refractivity (Wildman–Crippen MR) is 131 cm³/mol. The fraction of sp³-hybridized carbons (Fsp3) is 0.231. The van der Waals surface area contributed by atoms with Gasteiger partial charge in [-0.1, -0.05) is 12.1 Å². The van der Waals surface area contributed by atoms with Gasteiger partial charge in [0.05, 0.1) is 23.1 Å². The number of hydrogen-bond donors (Lipinski definition) is 1. The van der Waals surface area contributed by atoms with Crippen molar-refractivity contribution in [3.63, 3.8) is 0 Å². The van der Waals surface area contributed by atoms with Crippen molar-refractivity contribution in [2.45, 2.75) is 20.5 Å². The van der Waals surface area contributed by atoms with Crippen LogP contribution < -0.4 is 14.8 Å². The quantitative estimate of drug-likeness (QED) is 0.395. The van der Waals surface area contributed by atoms with E-state index in [-0.39, 0.29) is 5.91 Å². The highest BCUT2D eigenvalue weighted by atomic mass is 16.5. The van der Waals surface area contributed by atoms with Gasteiger partial charge in [-0.3, -0.25) is 9.78 Å². The molecule has 8 nitrogen and oxygen atoms in total. The smallest absolute Gasteiger partial charge is 0.219 e. The Labute approximate surface area is 198 Å². The van der Waals surface area contributed by atoms with Gasteiger partial charge in [0, 0.05) is 25.9 Å². The molecule has 0 atom stereocenters. The van der Waals surface area contributed by atoms with E-state index in [0.29, 0.717) is 31.3 Å². The van der Waals surface area contributed by atoms with Crippen molar-refractivity contribution in [3.05, 3.63) is 78.4 Å². The highest BCUT2D eigenvalue weighted by Gasteiger charge is 2.12. The second kappa shape index (κ2) is 10.6. The van der Waals surface area contributed by atoms with Gasteiger partial charge in [-0.15, -0.1) is 0 Å². The summed E-state index contributed by atoms with van der Waals surface area (Å²) in [7, 11) is 1.75. The molecular weight excluding hydrogens is 430 g/mol. The first-order valence-electron chi connectivity index (χ1n) is 11.0. The first kappa shape index (κ1) is 23.0. The summed E-state index contributed by atoms with van der Waals surface area (Å²) >= 11 is 0. The number of anilines is 2. The van der Waals surface area contributed by atoms with Crippen molar-refractivity contribution in [1.29, 1.82) is 0 Å². The summed E-state index contributed by atoms with van der Waals surface area (Å²) in [5, 5.41) is 4.16. The van der Waals surface area contributed by atoms with E-state index >= 15 is 0 Å². The van der Waals surface area contributed by atoms with Crippen LogP contribution in [0.4, 0.5) is 11.5 Å². The van der Waals surface area contributed by atoms with E-state index in [1.807, 2.05) is 61.5 Å². The Morgan fingerprint density at radius 3 is 2.65 bits per heavy atom. The van der Waals surface area contributed by atoms with E-state index in [1.165, 1.54) is 13.3 Å². The average molecular weight is 458 g/mol. The lowest BCUT2D eigenvalue weighted by Crippen LogP contribution is -2.28. The van der Waals surface area contributed by atoms with E-state index in [0.717, 1.165) is 33.6 Å². The zero-order chi connectivity index (χ0) is 23.9. The lowest BCUT2D eigenvalue weighted by atomic mass is 10.1. The molecule has 2 aromatic heterocycles. The zero-order valence-electron chi connectivity index (χ0n) is 19.5. The molecule has 174 valence electrons. The highest BCUT2D eigenvalue weighted by molar-refractivity contribution is 5.95. The van der Waals surface area contributed by atoms with Crippen LogP contribution in [0.3, 0.4) is 0 Å². The van der Waals surface area contributed by atoms with E-state index in [4.69, 9.17) is 9.47 Å². The molecule has 8 heteroatoms. The number of ether oxygens (including phenoxy) is 2. The number of benzene rings is 2. The van der Waals surface area contributed by atoms with Crippen LogP contribution in [0.25, 0.3) is 10.9 Å². The number of hydrogen-bond acceptors (Lipinski definition) is 7. The molecule has 0 saturated carbocycles. The molecule has 0 saturated heterocycles. The fourth-order valence-corrected chi connectivity index (χ4v) is 3.40. The lowest BCUT2D eigenvalue weighted by molar-refractivity contribution is -0.127. The number of pyridine rings is 1. The maximum Gasteiger partial charge on any atom is 0.219 e. The molecule has 4 rings (SSSR count). The molecule has 0 aliphatic rings. The molecule has 34 heavy (non-hydrogen) atoms. The lowest BCUT2D eigenvalue weighted by Gasteiger charge is -2.17. The van der Waals surface area contributed by atoms with Crippen LogP contribution in [0.5, 0.6) is 11.5 Å². The van der Waals surface area contributed by atoms with Gasteiger partial charge in [-0.05, 0) is 55.0 Å². The van der Waals surface area contributed by atoms with E-state index in [2.05, 4.69) is 20.3 Å². The van der Waals surface area contributed by atoms with Crippen LogP contribution >= 0.6 is 0 Å². The maximum absolute atomic E-state index is 11.4. The summed E-state index contributed by atoms with van der Waals surface area (Å²) in [5.41, 5.74) is 3.50. The van der Waals surface area contributed by atoms with Gasteiger partial charge in [0.2, 0.25) is 5.91 Å². The van der Waals surface area contributed by atoms with E-state index in [1.54, 1.807) is 18.1 Å². The van der Waals surface area contributed by atoms with Crippen LogP contribution in [-0.2, 0) is 11.4 Å². The number of aryl methyl sites for hydroxylation is 1. The molecule has 1 amide bonds. The monoisotopic (exact) mass is 457 g/mol. The average Bonchev–Trinajstić information content (AvgIpc) is 2.84. The molecule has 0 radical (unpaired) electrons. The van der Waals surface area contributed by atoms with Crippen LogP contribution in [0, 0.1) is 6.92 Å². The Kier molecular flexibility index (Phi) is 7.17. The Hall–Kier alpha value is -4.20. The number of fused-ring (bicyclic) bond motifs is 1. The summed E-state index contributed by atoms with van der Waals surface area (Å²) in [6.07, 6.45) is 3.28. The number of nitrogens with zero attached hydrogens (tertiary/aromatic N) is 4. The number of aromatic nitrogens is 3. The van der Waals surface area contributed by atoms with Gasteiger partial charge in [0.15, 0.2) is 0 Å². The Morgan fingerprint density at radius 2 is 1.88 bits per heavy atom. The van der Waals surface area contributed by atoms with Gasteiger partial charge in [0.25, 0.3) is 0 Å². The molecule has 2 heterocycles. The zero-order valence-corrected chi connectivity index (χ0v) is 19.5. The minimum absolute atomic E-state index is 0.00460. The van der Waals surface area contributed by atoms with Crippen molar-refractivity contribution >= 4 is 28.3 Å². The molecule has 0 bridgehead atoms. The third-order valence-corrected chi connectivity index (χ3v) is 5.39. The van der Waals surface area contributed by atoms with Crippen LogP contribution in [0.1, 0.15) is 18.2 Å². The minimum atomic E-state index is -0.00460. The molecule has 0 aliphatic carbocycles. The van der Waals surface area contributed by atoms with Crippen LogP contribution in [-0.4, -0.2) is 46.0 Å². The topological polar surface area (TPSA) is 89.5 Å². The maximum atomic E-state index is 11.4. The third kappa shape index (κ3) is 5.58. The van der Waals surface area contributed by atoms with Gasteiger partial charge in [0.1, 0.15) is 36.9 Å². The van der Waals surface area contributed by atoms with Crippen molar-refractivity contribution in [3.8, 4) is 11.5 Å². The summed E-state index contributed by atoms with van der Waals surface area (Å²) < 4.78 is 11.9. The molecule has 0 unspecified atom stereocenters. The van der Waals surface area contributed by atoms with E-state index < -0.39 is 0 Å². The van der Waals surface area contributed by atoms with Gasteiger partial charge in [-0.2, -0.15) is 0 Å². The summed E-state index contributed by atoms with van der Waals surface area (Å²) in [5.74, 6) is 2.09. The largest absolute Gasteiger partial charge is 0.491 e. The number of nitrogens with one attached hydrogen (secondary N) is 1. The fourth-order valence-electron chi connectivity index (χ4n) is 3.40. The minimum Gasteiger partial charge on any atom is -0.491 e. The summed E-state index contributed by atoms with van der Waals surface area (Å²) in [6.45, 7) is 4.79. The van der Waals surface area contributed by atoms with E-state index in [9.17, 15) is 4.79 Å². The predicted octanol–water partition coefficient (Wildman–Crippen LogP) is 4.51. The summed E-state index contributed by atoms with van der Waals surface area (Å²) in [4.78, 5) is 26.2. The number of rotatable bonds is 9. The molecule has 2 aromatic carbocycles. The van der Waals surface area contributed by atoms with Crippen LogP contribution in [0.2, 0.25) is 0 Å². The highest BCUT2D eigenvalue weighted by Crippen LogP contribution is 2.32. The first-order valence-corrected chi connectivity index (χ1v) is 11.0. The van der Waals surface area contributed by atoms with Gasteiger partial charge < -0.3 is 19.7 Å². The second-order valence-corrected chi connectivity index (χ2v) is 7.88. The number of carbonyl (C=O) groups excluding carboxylic acids is 1. The molecule has 0 fully saturated rings. The first-order chi connectivity index (χ1) is 16.5. The molecule has 0 spiro atoms. The number of carbonyl (C=O) groups is 1. The normalized spacial score (nSPS) is 10.7. The Bertz CT molecular complexity index is 1270. The molecular formula is C26H27N5O3. The van der Waals surface area contributed by atoms with Crippen molar-refractivity contribution < 1.29 is 14.3 Å². The molecule has 4 aromatic rings. The Morgan fingerprint density at radius 1 is 1.00 bits per heavy atom. The number of likely N-dealkylation sites (N-methyl/N-ethyl adjacent to an activating group) is 1. The molecule has 0 aliphatic heterocycles. The third-order valence-electron chi connectivity index (χ3n) is 5.39. The van der Waals surface area contributed by atoms with Crippen LogP contribution in [0.15, 0.2) is 67.1 Å². The summed E-state index contributed by atoms with van der Waals surface area (Å²) in [6, 6.07) is 17.3. The van der Waals surface area contributed by atoms with Crippen molar-refractivity contribution in [1.82, 2.24) is 19.9 Å².